The van der Waals surface area contributed by atoms with Gasteiger partial charge in [-0.05, 0) is 31.2 Å². The quantitative estimate of drug-likeness (QED) is 0.549. The Morgan fingerprint density at radius 2 is 1.68 bits per heavy atom. The second kappa shape index (κ2) is 9.21. The van der Waals surface area contributed by atoms with Crippen LogP contribution in [0, 0.1) is 6.92 Å². The molecule has 5 amide bonds. The average Bonchev–Trinajstić information content (AvgIpc) is 2.96. The van der Waals surface area contributed by atoms with E-state index in [1.807, 2.05) is 6.92 Å². The second-order valence-electron chi connectivity index (χ2n) is 7.13. The summed E-state index contributed by atoms with van der Waals surface area (Å²) in [4.78, 5) is 61.6. The number of amides is 5. The topological polar surface area (TPSA) is 139 Å². The summed E-state index contributed by atoms with van der Waals surface area (Å²) in [6.07, 6.45) is -0.123. The number of nitrogens with zero attached hydrogens (tertiary/aromatic N) is 1. The predicted molar refractivity (Wildman–Crippen MR) is 112 cm³/mol. The molecule has 3 rings (SSSR count). The molecule has 31 heavy (non-hydrogen) atoms. The lowest BCUT2D eigenvalue weighted by molar-refractivity contribution is -0.118. The molecule has 0 spiro atoms. The lowest BCUT2D eigenvalue weighted by Gasteiger charge is -2.14. The number of fused-ring (bicyclic) bond motifs is 1. The van der Waals surface area contributed by atoms with E-state index in [-0.39, 0.29) is 37.2 Å². The zero-order valence-electron chi connectivity index (χ0n) is 16.9. The van der Waals surface area contributed by atoms with Crippen molar-refractivity contribution in [1.82, 2.24) is 10.2 Å². The third kappa shape index (κ3) is 4.95. The molecule has 0 bridgehead atoms. The van der Waals surface area contributed by atoms with Gasteiger partial charge in [-0.1, -0.05) is 23.8 Å². The van der Waals surface area contributed by atoms with Crippen LogP contribution in [-0.4, -0.2) is 47.5 Å². The largest absolute Gasteiger partial charge is 0.370 e. The number of aryl methyl sites for hydroxylation is 1. The minimum absolute atomic E-state index is 0.0000709. The maximum absolute atomic E-state index is 12.5. The Morgan fingerprint density at radius 3 is 2.42 bits per heavy atom. The van der Waals surface area contributed by atoms with E-state index in [2.05, 4.69) is 10.6 Å². The maximum atomic E-state index is 12.5. The highest BCUT2D eigenvalue weighted by Gasteiger charge is 2.35. The number of hydrogen-bond donors (Lipinski definition) is 3. The number of nitrogens with two attached hydrogens (primary N) is 1. The van der Waals surface area contributed by atoms with Gasteiger partial charge >= 0.3 is 0 Å². The minimum Gasteiger partial charge on any atom is -0.370 e. The Kier molecular flexibility index (Phi) is 6.44. The van der Waals surface area contributed by atoms with Gasteiger partial charge in [0.25, 0.3) is 17.7 Å². The predicted octanol–water partition coefficient (Wildman–Crippen LogP) is 1.23. The number of carbonyl (C=O) groups excluding carboxylic acids is 5. The monoisotopic (exact) mass is 422 g/mol. The first-order valence-electron chi connectivity index (χ1n) is 9.70. The van der Waals surface area contributed by atoms with Crippen molar-refractivity contribution in [2.45, 2.75) is 19.8 Å². The van der Waals surface area contributed by atoms with Crippen LogP contribution in [0.25, 0.3) is 0 Å². The van der Waals surface area contributed by atoms with Crippen molar-refractivity contribution < 1.29 is 24.0 Å². The number of hydrogen-bond acceptors (Lipinski definition) is 5. The Hall–Kier alpha value is -4.01. The highest BCUT2D eigenvalue weighted by atomic mass is 16.2. The average molecular weight is 422 g/mol. The molecule has 0 aromatic heterocycles. The molecule has 9 nitrogen and oxygen atoms in total. The lowest BCUT2D eigenvalue weighted by atomic mass is 10.1. The Bertz CT molecular complexity index is 1080. The van der Waals surface area contributed by atoms with Crippen LogP contribution < -0.4 is 16.4 Å². The Balaban J connectivity index is 1.61. The molecule has 0 radical (unpaired) electrons. The van der Waals surface area contributed by atoms with Crippen LogP contribution in [0.2, 0.25) is 0 Å². The van der Waals surface area contributed by atoms with Gasteiger partial charge in [-0.15, -0.1) is 0 Å². The standard InChI is InChI=1S/C22H22N4O5/c1-13-6-7-14-16(12-13)22(31)26(21(14)30)11-9-19(28)25-17-5-3-2-4-15(17)20(29)24-10-8-18(23)27/h2-7,12H,8-11H2,1H3,(H2,23,27)(H,24,29)(H,25,28). The van der Waals surface area contributed by atoms with Crippen molar-refractivity contribution in [1.29, 1.82) is 0 Å². The number of para-hydroxylation sites is 1. The van der Waals surface area contributed by atoms with Crippen LogP contribution in [-0.2, 0) is 9.59 Å². The summed E-state index contributed by atoms with van der Waals surface area (Å²) in [7, 11) is 0. The highest BCUT2D eigenvalue weighted by molar-refractivity contribution is 6.21. The van der Waals surface area contributed by atoms with Gasteiger partial charge in [0.2, 0.25) is 11.8 Å². The minimum atomic E-state index is -0.537. The zero-order chi connectivity index (χ0) is 22.5. The van der Waals surface area contributed by atoms with E-state index in [1.54, 1.807) is 36.4 Å². The van der Waals surface area contributed by atoms with Crippen LogP contribution in [0.5, 0.6) is 0 Å². The van der Waals surface area contributed by atoms with Crippen molar-refractivity contribution in [3.8, 4) is 0 Å². The molecule has 2 aromatic rings. The molecule has 0 saturated heterocycles. The van der Waals surface area contributed by atoms with Gasteiger partial charge in [-0.25, -0.2) is 0 Å². The van der Waals surface area contributed by atoms with E-state index >= 15 is 0 Å². The number of primary amides is 1. The van der Waals surface area contributed by atoms with E-state index < -0.39 is 29.5 Å². The molecular weight excluding hydrogens is 400 g/mol. The van der Waals surface area contributed by atoms with E-state index in [0.29, 0.717) is 11.1 Å². The molecule has 0 aliphatic carbocycles. The van der Waals surface area contributed by atoms with Gasteiger partial charge in [0.15, 0.2) is 0 Å². The summed E-state index contributed by atoms with van der Waals surface area (Å²) in [5.74, 6) is -2.31. The molecule has 9 heteroatoms. The van der Waals surface area contributed by atoms with Crippen LogP contribution in [0.4, 0.5) is 5.69 Å². The van der Waals surface area contributed by atoms with Crippen molar-refractivity contribution in [2.75, 3.05) is 18.4 Å². The molecule has 0 saturated carbocycles. The number of carbonyl (C=O) groups is 5. The van der Waals surface area contributed by atoms with Gasteiger partial charge in [0, 0.05) is 25.9 Å². The summed E-state index contributed by atoms with van der Waals surface area (Å²) in [5, 5.41) is 5.19. The zero-order valence-corrected chi connectivity index (χ0v) is 16.9. The van der Waals surface area contributed by atoms with Crippen LogP contribution in [0.1, 0.15) is 49.5 Å². The maximum Gasteiger partial charge on any atom is 0.261 e. The summed E-state index contributed by atoms with van der Waals surface area (Å²) in [6, 6.07) is 11.4. The normalized spacial score (nSPS) is 12.5. The summed E-state index contributed by atoms with van der Waals surface area (Å²) >= 11 is 0. The Labute approximate surface area is 178 Å². The third-order valence-electron chi connectivity index (χ3n) is 4.79. The summed E-state index contributed by atoms with van der Waals surface area (Å²) in [5.41, 5.74) is 7.08. The highest BCUT2D eigenvalue weighted by Crippen LogP contribution is 2.24. The number of anilines is 1. The van der Waals surface area contributed by atoms with Gasteiger partial charge in [0.1, 0.15) is 0 Å². The molecule has 1 aliphatic rings. The second-order valence-corrected chi connectivity index (χ2v) is 7.13. The third-order valence-corrected chi connectivity index (χ3v) is 4.79. The molecule has 2 aromatic carbocycles. The van der Waals surface area contributed by atoms with Crippen molar-refractivity contribution in [2.24, 2.45) is 5.73 Å². The number of benzene rings is 2. The fourth-order valence-electron chi connectivity index (χ4n) is 3.22. The van der Waals surface area contributed by atoms with E-state index in [0.717, 1.165) is 10.5 Å². The first-order valence-corrected chi connectivity index (χ1v) is 9.70. The molecular formula is C22H22N4O5. The SMILES string of the molecule is Cc1ccc2c(c1)C(=O)N(CCC(=O)Nc1ccccc1C(=O)NCCC(N)=O)C2=O. The van der Waals surface area contributed by atoms with Gasteiger partial charge in [-0.3, -0.25) is 28.9 Å². The molecule has 160 valence electrons. The van der Waals surface area contributed by atoms with Gasteiger partial charge < -0.3 is 16.4 Å². The number of rotatable bonds is 8. The smallest absolute Gasteiger partial charge is 0.261 e. The van der Waals surface area contributed by atoms with Crippen molar-refractivity contribution >= 4 is 35.2 Å². The van der Waals surface area contributed by atoms with E-state index in [4.69, 9.17) is 5.73 Å². The van der Waals surface area contributed by atoms with Crippen LogP contribution in [0.3, 0.4) is 0 Å². The number of imide groups is 1. The molecule has 0 atom stereocenters. The van der Waals surface area contributed by atoms with Crippen LogP contribution >= 0.6 is 0 Å². The Morgan fingerprint density at radius 1 is 0.968 bits per heavy atom. The molecule has 1 heterocycles. The first-order chi connectivity index (χ1) is 14.8. The van der Waals surface area contributed by atoms with Crippen molar-refractivity contribution in [3.05, 3.63) is 64.7 Å². The van der Waals surface area contributed by atoms with E-state index in [9.17, 15) is 24.0 Å². The van der Waals surface area contributed by atoms with Gasteiger partial charge in [0.05, 0.1) is 22.4 Å². The van der Waals surface area contributed by atoms with Crippen molar-refractivity contribution in [3.63, 3.8) is 0 Å². The summed E-state index contributed by atoms with van der Waals surface area (Å²) in [6.45, 7) is 1.83. The summed E-state index contributed by atoms with van der Waals surface area (Å²) < 4.78 is 0. The fourth-order valence-corrected chi connectivity index (χ4v) is 3.22. The number of nitrogens with one attached hydrogen (secondary N) is 2. The first kappa shape index (κ1) is 21.7. The molecule has 0 unspecified atom stereocenters. The van der Waals surface area contributed by atoms with Crippen LogP contribution in [0.15, 0.2) is 42.5 Å². The molecule has 1 aliphatic heterocycles. The molecule has 4 N–H and O–H groups in total. The molecule has 0 fully saturated rings. The van der Waals surface area contributed by atoms with E-state index in [1.165, 1.54) is 6.07 Å². The lowest BCUT2D eigenvalue weighted by Crippen LogP contribution is -2.33. The fraction of sp³-hybridized carbons (Fsp3) is 0.227. The van der Waals surface area contributed by atoms with Gasteiger partial charge in [-0.2, -0.15) is 0 Å².